The van der Waals surface area contributed by atoms with Crippen LogP contribution in [0.2, 0.25) is 0 Å². The molecule has 2 rings (SSSR count). The van der Waals surface area contributed by atoms with Gasteiger partial charge in [0.15, 0.2) is 0 Å². The molecule has 0 bridgehead atoms. The molecule has 1 atom stereocenters. The number of aliphatic carboxylic acids is 1. The van der Waals surface area contributed by atoms with Gasteiger partial charge in [0.2, 0.25) is 0 Å². The van der Waals surface area contributed by atoms with Crippen LogP contribution in [0.4, 0.5) is 0 Å². The highest BCUT2D eigenvalue weighted by atomic mass is 32.1. The number of rotatable bonds is 5. The fourth-order valence-electron chi connectivity index (χ4n) is 2.39. The molecule has 5 heteroatoms. The Morgan fingerprint density at radius 1 is 1.67 bits per heavy atom. The molecule has 4 nitrogen and oxygen atoms in total. The van der Waals surface area contributed by atoms with Gasteiger partial charge in [0.05, 0.1) is 17.1 Å². The lowest BCUT2D eigenvalue weighted by Gasteiger charge is -2.31. The van der Waals surface area contributed by atoms with E-state index in [9.17, 15) is 4.79 Å². The smallest absolute Gasteiger partial charge is 0.304 e. The predicted molar refractivity (Wildman–Crippen MR) is 72.2 cm³/mol. The summed E-state index contributed by atoms with van der Waals surface area (Å²) in [5.41, 5.74) is 1.18. The van der Waals surface area contributed by atoms with Crippen LogP contribution in [0.15, 0.2) is 5.38 Å². The highest BCUT2D eigenvalue weighted by Gasteiger charge is 2.23. The molecule has 1 unspecified atom stereocenters. The Balaban J connectivity index is 1.91. The molecule has 0 spiro atoms. The molecular formula is C13H20N2O2S. The molecule has 0 saturated carbocycles. The molecule has 0 radical (unpaired) electrons. The minimum Gasteiger partial charge on any atom is -0.481 e. The maximum absolute atomic E-state index is 10.6. The summed E-state index contributed by atoms with van der Waals surface area (Å²) in [6, 6.07) is 0. The van der Waals surface area contributed by atoms with Gasteiger partial charge in [0, 0.05) is 24.4 Å². The van der Waals surface area contributed by atoms with Crippen LogP contribution < -0.4 is 0 Å². The molecule has 0 amide bonds. The maximum atomic E-state index is 10.6. The van der Waals surface area contributed by atoms with Gasteiger partial charge in [-0.25, -0.2) is 4.98 Å². The standard InChI is InChI=1S/C13H20N2O2S/c1-2-11-9-18-13(14-11)10-4-3-6-15(8-10)7-5-12(16)17/h9-10H,2-8H2,1H3,(H,16,17). The summed E-state index contributed by atoms with van der Waals surface area (Å²) in [5, 5.41) is 12.1. The molecule has 0 aliphatic carbocycles. The van der Waals surface area contributed by atoms with Gasteiger partial charge in [-0.15, -0.1) is 11.3 Å². The average Bonchev–Trinajstić information content (AvgIpc) is 2.85. The number of aromatic nitrogens is 1. The molecule has 0 aromatic carbocycles. The summed E-state index contributed by atoms with van der Waals surface area (Å²) in [6.07, 6.45) is 3.56. The quantitative estimate of drug-likeness (QED) is 0.890. The first kappa shape index (κ1) is 13.5. The Labute approximate surface area is 112 Å². The van der Waals surface area contributed by atoms with Gasteiger partial charge in [0.25, 0.3) is 0 Å². The third-order valence-corrected chi connectivity index (χ3v) is 4.48. The van der Waals surface area contributed by atoms with Crippen molar-refractivity contribution in [2.45, 2.75) is 38.5 Å². The van der Waals surface area contributed by atoms with Gasteiger partial charge in [-0.05, 0) is 25.8 Å². The van der Waals surface area contributed by atoms with Gasteiger partial charge in [0.1, 0.15) is 0 Å². The number of thiazole rings is 1. The molecule has 18 heavy (non-hydrogen) atoms. The molecule has 1 saturated heterocycles. The second kappa shape index (κ2) is 6.29. The average molecular weight is 268 g/mol. The maximum Gasteiger partial charge on any atom is 0.304 e. The largest absolute Gasteiger partial charge is 0.481 e. The zero-order valence-electron chi connectivity index (χ0n) is 10.8. The SMILES string of the molecule is CCc1csc(C2CCCN(CCC(=O)O)C2)n1. The fourth-order valence-corrected chi connectivity index (χ4v) is 3.42. The normalized spacial score (nSPS) is 21.1. The lowest BCUT2D eigenvalue weighted by Crippen LogP contribution is -2.35. The van der Waals surface area contributed by atoms with Crippen LogP contribution in [-0.4, -0.2) is 40.6 Å². The number of carboxylic acid groups (broad SMARTS) is 1. The van der Waals surface area contributed by atoms with Crippen molar-refractivity contribution in [3.63, 3.8) is 0 Å². The summed E-state index contributed by atoms with van der Waals surface area (Å²) in [4.78, 5) is 17.5. The molecule has 1 aliphatic rings. The van der Waals surface area contributed by atoms with E-state index in [-0.39, 0.29) is 6.42 Å². The molecule has 1 N–H and O–H groups in total. The molecule has 1 fully saturated rings. The summed E-state index contributed by atoms with van der Waals surface area (Å²) < 4.78 is 0. The van der Waals surface area contributed by atoms with E-state index in [2.05, 4.69) is 22.2 Å². The number of carboxylic acids is 1. The Morgan fingerprint density at radius 3 is 3.17 bits per heavy atom. The summed E-state index contributed by atoms with van der Waals surface area (Å²) in [5.74, 6) is -0.211. The van der Waals surface area contributed by atoms with Crippen LogP contribution in [0.25, 0.3) is 0 Å². The van der Waals surface area contributed by atoms with Gasteiger partial charge in [-0.1, -0.05) is 6.92 Å². The fraction of sp³-hybridized carbons (Fsp3) is 0.692. The topological polar surface area (TPSA) is 53.4 Å². The predicted octanol–water partition coefficient (Wildman–Crippen LogP) is 2.36. The number of nitrogens with zero attached hydrogens (tertiary/aromatic N) is 2. The second-order valence-electron chi connectivity index (χ2n) is 4.81. The Morgan fingerprint density at radius 2 is 2.50 bits per heavy atom. The van der Waals surface area contributed by atoms with E-state index in [0.29, 0.717) is 12.5 Å². The Hall–Kier alpha value is -0.940. The highest BCUT2D eigenvalue weighted by Crippen LogP contribution is 2.29. The van der Waals surface area contributed by atoms with E-state index in [0.717, 1.165) is 25.9 Å². The van der Waals surface area contributed by atoms with Crippen molar-refractivity contribution in [2.75, 3.05) is 19.6 Å². The number of hydrogen-bond donors (Lipinski definition) is 1. The van der Waals surface area contributed by atoms with E-state index in [1.54, 1.807) is 11.3 Å². The van der Waals surface area contributed by atoms with Gasteiger partial charge >= 0.3 is 5.97 Å². The molecule has 1 aromatic heterocycles. The lowest BCUT2D eigenvalue weighted by molar-refractivity contribution is -0.137. The van der Waals surface area contributed by atoms with Crippen LogP contribution in [0, 0.1) is 0 Å². The number of hydrogen-bond acceptors (Lipinski definition) is 4. The summed E-state index contributed by atoms with van der Waals surface area (Å²) in [6.45, 7) is 4.77. The van der Waals surface area contributed by atoms with E-state index in [4.69, 9.17) is 5.11 Å². The van der Waals surface area contributed by atoms with Gasteiger partial charge < -0.3 is 10.0 Å². The van der Waals surface area contributed by atoms with E-state index in [1.165, 1.54) is 17.1 Å². The number of carbonyl (C=O) groups is 1. The number of piperidine rings is 1. The van der Waals surface area contributed by atoms with E-state index in [1.807, 2.05) is 0 Å². The van der Waals surface area contributed by atoms with Crippen molar-refractivity contribution in [1.82, 2.24) is 9.88 Å². The minimum atomic E-state index is -0.709. The zero-order valence-corrected chi connectivity index (χ0v) is 11.6. The number of likely N-dealkylation sites (tertiary alicyclic amines) is 1. The van der Waals surface area contributed by atoms with Crippen molar-refractivity contribution >= 4 is 17.3 Å². The first-order valence-electron chi connectivity index (χ1n) is 6.57. The zero-order chi connectivity index (χ0) is 13.0. The molecule has 1 aromatic rings. The van der Waals surface area contributed by atoms with Crippen molar-refractivity contribution in [1.29, 1.82) is 0 Å². The van der Waals surface area contributed by atoms with Crippen molar-refractivity contribution in [3.05, 3.63) is 16.1 Å². The van der Waals surface area contributed by atoms with E-state index >= 15 is 0 Å². The second-order valence-corrected chi connectivity index (χ2v) is 5.70. The first-order valence-corrected chi connectivity index (χ1v) is 7.45. The van der Waals surface area contributed by atoms with Crippen LogP contribution in [0.3, 0.4) is 0 Å². The molecule has 2 heterocycles. The first-order chi connectivity index (χ1) is 8.69. The van der Waals surface area contributed by atoms with Crippen LogP contribution >= 0.6 is 11.3 Å². The minimum absolute atomic E-state index is 0.241. The molecule has 100 valence electrons. The third kappa shape index (κ3) is 3.53. The highest BCUT2D eigenvalue weighted by molar-refractivity contribution is 7.09. The summed E-state index contributed by atoms with van der Waals surface area (Å²) >= 11 is 1.75. The van der Waals surface area contributed by atoms with Crippen molar-refractivity contribution < 1.29 is 9.90 Å². The monoisotopic (exact) mass is 268 g/mol. The lowest BCUT2D eigenvalue weighted by atomic mass is 9.98. The Kier molecular flexibility index (Phi) is 4.72. The summed E-state index contributed by atoms with van der Waals surface area (Å²) in [7, 11) is 0. The van der Waals surface area contributed by atoms with Crippen molar-refractivity contribution in [2.24, 2.45) is 0 Å². The third-order valence-electron chi connectivity index (χ3n) is 3.43. The van der Waals surface area contributed by atoms with Gasteiger partial charge in [-0.2, -0.15) is 0 Å². The Bertz CT molecular complexity index is 405. The van der Waals surface area contributed by atoms with Crippen LogP contribution in [0.5, 0.6) is 0 Å². The number of aryl methyl sites for hydroxylation is 1. The van der Waals surface area contributed by atoms with Crippen LogP contribution in [0.1, 0.15) is 42.8 Å². The molecular weight excluding hydrogens is 248 g/mol. The van der Waals surface area contributed by atoms with Gasteiger partial charge in [-0.3, -0.25) is 4.79 Å². The van der Waals surface area contributed by atoms with Crippen LogP contribution in [-0.2, 0) is 11.2 Å². The van der Waals surface area contributed by atoms with E-state index < -0.39 is 5.97 Å². The van der Waals surface area contributed by atoms with Crippen molar-refractivity contribution in [3.8, 4) is 0 Å². The molecule has 1 aliphatic heterocycles.